The van der Waals surface area contributed by atoms with Gasteiger partial charge in [-0.2, -0.15) is 5.10 Å². The smallest absolute Gasteiger partial charge is 0.168 e. The Labute approximate surface area is 141 Å². The number of hydrogen-bond acceptors (Lipinski definition) is 4. The number of aryl methyl sites for hydroxylation is 1. The maximum atomic E-state index is 12.9. The molecule has 1 atom stereocenters. The van der Waals surface area contributed by atoms with Crippen molar-refractivity contribution in [3.05, 3.63) is 47.8 Å². The van der Waals surface area contributed by atoms with E-state index in [0.717, 1.165) is 42.9 Å². The Kier molecular flexibility index (Phi) is 5.18. The van der Waals surface area contributed by atoms with E-state index in [2.05, 4.69) is 16.2 Å². The molecule has 2 aromatic rings. The Hall–Kier alpha value is -1.59. The second-order valence-electron chi connectivity index (χ2n) is 6.16. The van der Waals surface area contributed by atoms with E-state index < -0.39 is 0 Å². The quantitative estimate of drug-likeness (QED) is 0.623. The molecule has 1 fully saturated rings. The fourth-order valence-corrected chi connectivity index (χ4v) is 3.90. The average molecular weight is 329 g/mol. The van der Waals surface area contributed by atoms with Crippen LogP contribution in [0.1, 0.15) is 28.8 Å². The molecule has 0 bridgehead atoms. The van der Waals surface area contributed by atoms with Gasteiger partial charge in [-0.05, 0) is 31.7 Å². The molecule has 1 aliphatic heterocycles. The van der Waals surface area contributed by atoms with Gasteiger partial charge < -0.3 is 0 Å². The van der Waals surface area contributed by atoms with Crippen molar-refractivity contribution in [2.75, 3.05) is 19.3 Å². The van der Waals surface area contributed by atoms with Crippen LogP contribution < -0.4 is 0 Å². The third-order valence-corrected chi connectivity index (χ3v) is 5.21. The molecular weight excluding hydrogens is 306 g/mol. The van der Waals surface area contributed by atoms with Crippen molar-refractivity contribution in [3.63, 3.8) is 0 Å². The van der Waals surface area contributed by atoms with Crippen molar-refractivity contribution in [1.82, 2.24) is 14.7 Å². The first-order chi connectivity index (χ1) is 11.2. The Morgan fingerprint density at radius 3 is 2.96 bits per heavy atom. The number of carbonyl (C=O) groups excluding carboxylic acids is 1. The van der Waals surface area contributed by atoms with Crippen LogP contribution in [0.3, 0.4) is 0 Å². The average Bonchev–Trinajstić information content (AvgIpc) is 2.99. The first-order valence-electron chi connectivity index (χ1n) is 8.04. The van der Waals surface area contributed by atoms with Gasteiger partial charge in [-0.25, -0.2) is 0 Å². The molecule has 0 spiro atoms. The van der Waals surface area contributed by atoms with E-state index in [4.69, 9.17) is 0 Å². The van der Waals surface area contributed by atoms with E-state index in [1.165, 1.54) is 5.56 Å². The number of nitrogens with zero attached hydrogens (tertiary/aromatic N) is 3. The van der Waals surface area contributed by atoms with E-state index in [9.17, 15) is 4.79 Å². The van der Waals surface area contributed by atoms with Crippen LogP contribution in [-0.4, -0.2) is 39.8 Å². The fraction of sp³-hybridized carbons (Fsp3) is 0.444. The molecule has 2 heterocycles. The molecular formula is C18H23N3OS. The van der Waals surface area contributed by atoms with Gasteiger partial charge in [0.25, 0.3) is 0 Å². The third-order valence-electron chi connectivity index (χ3n) is 4.41. The number of aromatic nitrogens is 2. The number of likely N-dealkylation sites (tertiary alicyclic amines) is 1. The normalized spacial score (nSPS) is 19.0. The number of rotatable bonds is 5. The molecule has 5 heteroatoms. The first kappa shape index (κ1) is 16.3. The number of benzene rings is 1. The topological polar surface area (TPSA) is 38.1 Å². The fourth-order valence-electron chi connectivity index (χ4n) is 3.29. The van der Waals surface area contributed by atoms with Gasteiger partial charge in [0.1, 0.15) is 0 Å². The minimum Gasteiger partial charge on any atom is -0.298 e. The Bertz CT molecular complexity index is 682. The number of thioether (sulfide) groups is 1. The van der Waals surface area contributed by atoms with Gasteiger partial charge in [0.05, 0.1) is 6.20 Å². The molecule has 1 saturated heterocycles. The highest BCUT2D eigenvalue weighted by Gasteiger charge is 2.27. The molecule has 0 saturated carbocycles. The van der Waals surface area contributed by atoms with Crippen LogP contribution in [-0.2, 0) is 13.6 Å². The summed E-state index contributed by atoms with van der Waals surface area (Å²) in [5.41, 5.74) is 2.10. The van der Waals surface area contributed by atoms with Crippen LogP contribution >= 0.6 is 11.8 Å². The molecule has 1 aliphatic rings. The zero-order valence-corrected chi connectivity index (χ0v) is 14.6. The first-order valence-corrected chi connectivity index (χ1v) is 9.27. The maximum absolute atomic E-state index is 12.9. The molecule has 1 aromatic carbocycles. The maximum Gasteiger partial charge on any atom is 0.168 e. The Morgan fingerprint density at radius 2 is 2.22 bits per heavy atom. The molecule has 3 rings (SSSR count). The van der Waals surface area contributed by atoms with Crippen LogP contribution in [0.5, 0.6) is 0 Å². The summed E-state index contributed by atoms with van der Waals surface area (Å²) in [5, 5.41) is 4.23. The highest BCUT2D eigenvalue weighted by molar-refractivity contribution is 7.98. The molecule has 1 aromatic heterocycles. The van der Waals surface area contributed by atoms with Crippen LogP contribution in [0.15, 0.2) is 41.6 Å². The lowest BCUT2D eigenvalue weighted by Crippen LogP contribution is -2.38. The van der Waals surface area contributed by atoms with Gasteiger partial charge in [0, 0.05) is 48.3 Å². The molecule has 0 unspecified atom stereocenters. The molecule has 0 amide bonds. The van der Waals surface area contributed by atoms with Crippen molar-refractivity contribution < 1.29 is 4.79 Å². The van der Waals surface area contributed by atoms with Crippen molar-refractivity contribution in [2.45, 2.75) is 24.3 Å². The highest BCUT2D eigenvalue weighted by Crippen LogP contribution is 2.27. The van der Waals surface area contributed by atoms with Gasteiger partial charge >= 0.3 is 0 Å². The monoisotopic (exact) mass is 329 g/mol. The van der Waals surface area contributed by atoms with E-state index in [1.807, 2.05) is 48.4 Å². The molecule has 0 N–H and O–H groups in total. The van der Waals surface area contributed by atoms with E-state index in [0.29, 0.717) is 5.78 Å². The van der Waals surface area contributed by atoms with Gasteiger partial charge in [0.2, 0.25) is 0 Å². The van der Waals surface area contributed by atoms with Crippen molar-refractivity contribution in [1.29, 1.82) is 0 Å². The van der Waals surface area contributed by atoms with Crippen molar-refractivity contribution >= 4 is 17.5 Å². The van der Waals surface area contributed by atoms with Crippen molar-refractivity contribution in [3.8, 4) is 0 Å². The standard InChI is InChI=1S/C18H23N3OS/c1-20-11-14(10-19-20)12-21-9-5-6-15(13-21)18(22)16-7-3-4-8-17(16)23-2/h3-4,7-8,10-11,15H,5-6,9,12-13H2,1-2H3/t15-/m1/s1. The summed E-state index contributed by atoms with van der Waals surface area (Å²) in [7, 11) is 1.94. The molecule has 122 valence electrons. The lowest BCUT2D eigenvalue weighted by atomic mass is 9.90. The predicted octanol–water partition coefficient (Wildman–Crippen LogP) is 3.24. The van der Waals surface area contributed by atoms with E-state index in [-0.39, 0.29) is 5.92 Å². The molecule has 23 heavy (non-hydrogen) atoms. The summed E-state index contributed by atoms with van der Waals surface area (Å²) in [4.78, 5) is 16.4. The summed E-state index contributed by atoms with van der Waals surface area (Å²) in [6, 6.07) is 7.96. The van der Waals surface area contributed by atoms with Crippen LogP contribution in [0, 0.1) is 5.92 Å². The number of piperidine rings is 1. The van der Waals surface area contributed by atoms with E-state index >= 15 is 0 Å². The number of ketones is 1. The van der Waals surface area contributed by atoms with Gasteiger partial charge in [-0.3, -0.25) is 14.4 Å². The predicted molar refractivity (Wildman–Crippen MR) is 93.8 cm³/mol. The minimum atomic E-state index is 0.105. The number of Topliss-reactive ketones (excluding diaryl/α,β-unsaturated/α-hetero) is 1. The van der Waals surface area contributed by atoms with Gasteiger partial charge in [-0.1, -0.05) is 18.2 Å². The van der Waals surface area contributed by atoms with Gasteiger partial charge in [0.15, 0.2) is 5.78 Å². The number of carbonyl (C=O) groups is 1. The molecule has 0 radical (unpaired) electrons. The molecule has 0 aliphatic carbocycles. The summed E-state index contributed by atoms with van der Waals surface area (Å²) < 4.78 is 1.83. The summed E-state index contributed by atoms with van der Waals surface area (Å²) in [6.07, 6.45) is 8.06. The third kappa shape index (κ3) is 3.85. The molecule has 4 nitrogen and oxygen atoms in total. The highest BCUT2D eigenvalue weighted by atomic mass is 32.2. The van der Waals surface area contributed by atoms with Crippen molar-refractivity contribution in [2.24, 2.45) is 13.0 Å². The van der Waals surface area contributed by atoms with Gasteiger partial charge in [-0.15, -0.1) is 11.8 Å². The summed E-state index contributed by atoms with van der Waals surface area (Å²) in [5.74, 6) is 0.402. The van der Waals surface area contributed by atoms with Crippen LogP contribution in [0.4, 0.5) is 0 Å². The van der Waals surface area contributed by atoms with E-state index in [1.54, 1.807) is 11.8 Å². The SMILES string of the molecule is CSc1ccccc1C(=O)[C@@H]1CCCN(Cc2cnn(C)c2)C1. The minimum absolute atomic E-state index is 0.105. The summed E-state index contributed by atoms with van der Waals surface area (Å²) in [6.45, 7) is 2.78. The van der Waals surface area contributed by atoms with Crippen LogP contribution in [0.2, 0.25) is 0 Å². The lowest BCUT2D eigenvalue weighted by Gasteiger charge is -2.31. The largest absolute Gasteiger partial charge is 0.298 e. The lowest BCUT2D eigenvalue weighted by molar-refractivity contribution is 0.0808. The second-order valence-corrected chi connectivity index (χ2v) is 7.01. The second kappa shape index (κ2) is 7.32. The summed E-state index contributed by atoms with van der Waals surface area (Å²) >= 11 is 1.65. The van der Waals surface area contributed by atoms with Crippen LogP contribution in [0.25, 0.3) is 0 Å². The Balaban J connectivity index is 1.69. The Morgan fingerprint density at radius 1 is 1.39 bits per heavy atom. The zero-order valence-electron chi connectivity index (χ0n) is 13.7. The zero-order chi connectivity index (χ0) is 16.2. The number of hydrogen-bond donors (Lipinski definition) is 0.